The first-order valence-electron chi connectivity index (χ1n) is 7.37. The Labute approximate surface area is 135 Å². The Morgan fingerprint density at radius 2 is 1.74 bits per heavy atom. The van der Waals surface area contributed by atoms with Crippen molar-refractivity contribution in [2.45, 2.75) is 5.03 Å². The van der Waals surface area contributed by atoms with E-state index < -0.39 is 10.0 Å². The number of piperazine rings is 1. The van der Waals surface area contributed by atoms with Crippen LogP contribution in [0.1, 0.15) is 0 Å². The Bertz CT molecular complexity index is 734. The zero-order chi connectivity index (χ0) is 16.4. The molecule has 1 aliphatic heterocycles. The highest BCUT2D eigenvalue weighted by molar-refractivity contribution is 7.89. The van der Waals surface area contributed by atoms with Gasteiger partial charge in [-0.3, -0.25) is 0 Å². The summed E-state index contributed by atoms with van der Waals surface area (Å²) in [5.41, 5.74) is 2.25. The minimum atomic E-state index is -3.55. The van der Waals surface area contributed by atoms with Gasteiger partial charge in [0, 0.05) is 51.6 Å². The molecule has 124 valence electrons. The van der Waals surface area contributed by atoms with E-state index in [0.29, 0.717) is 26.2 Å². The summed E-state index contributed by atoms with van der Waals surface area (Å²) in [4.78, 5) is 4.24. The lowest BCUT2D eigenvalue weighted by Crippen LogP contribution is -2.48. The normalized spacial score (nSPS) is 16.5. The molecule has 1 saturated heterocycles. The van der Waals surface area contributed by atoms with Crippen LogP contribution < -0.4 is 9.80 Å². The molecule has 9 heteroatoms. The van der Waals surface area contributed by atoms with Crippen LogP contribution in [0.4, 0.5) is 11.4 Å². The van der Waals surface area contributed by atoms with Crippen molar-refractivity contribution in [2.24, 2.45) is 0 Å². The SMILES string of the molecule is CN(C)c1ccc(N2CCN(S(=O)(=O)c3cn[nH]n3)CC2)cc1. The molecule has 0 bridgehead atoms. The number of hydrogen-bond acceptors (Lipinski definition) is 6. The molecule has 2 aromatic rings. The van der Waals surface area contributed by atoms with Crippen LogP contribution in [0.25, 0.3) is 0 Å². The first-order chi connectivity index (χ1) is 11.0. The van der Waals surface area contributed by atoms with E-state index in [-0.39, 0.29) is 5.03 Å². The van der Waals surface area contributed by atoms with Crippen LogP contribution in [0.15, 0.2) is 35.5 Å². The van der Waals surface area contributed by atoms with E-state index in [0.717, 1.165) is 11.4 Å². The average Bonchev–Trinajstić information content (AvgIpc) is 3.10. The topological polar surface area (TPSA) is 85.4 Å². The van der Waals surface area contributed by atoms with Crippen LogP contribution in [-0.2, 0) is 10.0 Å². The van der Waals surface area contributed by atoms with Gasteiger partial charge in [-0.15, -0.1) is 5.10 Å². The van der Waals surface area contributed by atoms with Gasteiger partial charge in [-0.2, -0.15) is 14.6 Å². The van der Waals surface area contributed by atoms with Crippen LogP contribution in [0, 0.1) is 0 Å². The number of benzene rings is 1. The molecule has 1 aliphatic rings. The van der Waals surface area contributed by atoms with Crippen molar-refractivity contribution in [1.82, 2.24) is 19.7 Å². The Balaban J connectivity index is 1.66. The summed E-state index contributed by atoms with van der Waals surface area (Å²) in [7, 11) is 0.458. The third kappa shape index (κ3) is 3.15. The maximum Gasteiger partial charge on any atom is 0.264 e. The lowest BCUT2D eigenvalue weighted by molar-refractivity contribution is 0.383. The first kappa shape index (κ1) is 15.8. The molecular formula is C14H20N6O2S. The van der Waals surface area contributed by atoms with Gasteiger partial charge in [0.2, 0.25) is 5.03 Å². The Morgan fingerprint density at radius 1 is 1.09 bits per heavy atom. The molecule has 0 spiro atoms. The second-order valence-electron chi connectivity index (χ2n) is 5.61. The molecule has 0 saturated carbocycles. The molecule has 0 unspecified atom stereocenters. The predicted octanol–water partition coefficient (Wildman–Crippen LogP) is 0.382. The van der Waals surface area contributed by atoms with Gasteiger partial charge in [-0.05, 0) is 24.3 Å². The number of H-pyrrole nitrogens is 1. The third-order valence-corrected chi connectivity index (χ3v) is 5.74. The van der Waals surface area contributed by atoms with E-state index in [1.165, 1.54) is 10.5 Å². The van der Waals surface area contributed by atoms with Crippen molar-refractivity contribution in [3.8, 4) is 0 Å². The van der Waals surface area contributed by atoms with Crippen LogP contribution in [0.5, 0.6) is 0 Å². The van der Waals surface area contributed by atoms with E-state index in [4.69, 9.17) is 0 Å². The standard InChI is InChI=1S/C14H20N6O2S/c1-18(2)12-3-5-13(6-4-12)19-7-9-20(10-8-19)23(21,22)14-11-15-17-16-14/h3-6,11H,7-10H2,1-2H3,(H,15,16,17). The van der Waals surface area contributed by atoms with Crippen LogP contribution in [0.3, 0.4) is 0 Å². The van der Waals surface area contributed by atoms with Gasteiger partial charge in [0.05, 0.1) is 6.20 Å². The Hall–Kier alpha value is -2.13. The number of aromatic amines is 1. The maximum atomic E-state index is 12.4. The summed E-state index contributed by atoms with van der Waals surface area (Å²) in [5.74, 6) is 0. The van der Waals surface area contributed by atoms with E-state index >= 15 is 0 Å². The Kier molecular flexibility index (Phi) is 4.22. The monoisotopic (exact) mass is 336 g/mol. The highest BCUT2D eigenvalue weighted by atomic mass is 32.2. The number of rotatable bonds is 4. The minimum Gasteiger partial charge on any atom is -0.378 e. The molecule has 0 aliphatic carbocycles. The number of nitrogens with one attached hydrogen (secondary N) is 1. The molecule has 3 rings (SSSR count). The van der Waals surface area contributed by atoms with Gasteiger partial charge in [-0.1, -0.05) is 0 Å². The second kappa shape index (κ2) is 6.17. The zero-order valence-corrected chi connectivity index (χ0v) is 14.0. The van der Waals surface area contributed by atoms with Crippen molar-refractivity contribution in [3.05, 3.63) is 30.5 Å². The fraction of sp³-hybridized carbons (Fsp3) is 0.429. The van der Waals surface area contributed by atoms with Crippen LogP contribution in [0.2, 0.25) is 0 Å². The fourth-order valence-electron chi connectivity index (χ4n) is 2.60. The molecule has 0 atom stereocenters. The van der Waals surface area contributed by atoms with Crippen molar-refractivity contribution in [2.75, 3.05) is 50.1 Å². The minimum absolute atomic E-state index is 0.0266. The number of nitrogens with zero attached hydrogens (tertiary/aromatic N) is 5. The molecule has 2 heterocycles. The lowest BCUT2D eigenvalue weighted by Gasteiger charge is -2.35. The van der Waals surface area contributed by atoms with Gasteiger partial charge >= 0.3 is 0 Å². The number of sulfonamides is 1. The largest absolute Gasteiger partial charge is 0.378 e. The van der Waals surface area contributed by atoms with Crippen LogP contribution in [-0.4, -0.2) is 68.4 Å². The number of hydrogen-bond donors (Lipinski definition) is 1. The summed E-state index contributed by atoms with van der Waals surface area (Å²) >= 11 is 0. The highest BCUT2D eigenvalue weighted by Crippen LogP contribution is 2.22. The molecule has 1 fully saturated rings. The third-order valence-electron chi connectivity index (χ3n) is 3.97. The fourth-order valence-corrected chi connectivity index (χ4v) is 3.85. The molecule has 8 nitrogen and oxygen atoms in total. The average molecular weight is 336 g/mol. The number of anilines is 2. The van der Waals surface area contributed by atoms with Crippen molar-refractivity contribution < 1.29 is 8.42 Å². The molecule has 1 aromatic carbocycles. The van der Waals surface area contributed by atoms with Crippen molar-refractivity contribution >= 4 is 21.4 Å². The van der Waals surface area contributed by atoms with Crippen LogP contribution >= 0.6 is 0 Å². The zero-order valence-electron chi connectivity index (χ0n) is 13.2. The quantitative estimate of drug-likeness (QED) is 0.869. The van der Waals surface area contributed by atoms with E-state index in [2.05, 4.69) is 44.6 Å². The molecular weight excluding hydrogens is 316 g/mol. The van der Waals surface area contributed by atoms with E-state index in [1.54, 1.807) is 0 Å². The van der Waals surface area contributed by atoms with Crippen molar-refractivity contribution in [3.63, 3.8) is 0 Å². The molecule has 23 heavy (non-hydrogen) atoms. The summed E-state index contributed by atoms with van der Waals surface area (Å²) in [5, 5.41) is 9.57. The molecule has 0 amide bonds. The van der Waals surface area contributed by atoms with Gasteiger partial charge < -0.3 is 9.80 Å². The summed E-state index contributed by atoms with van der Waals surface area (Å²) < 4.78 is 26.2. The maximum absolute atomic E-state index is 12.4. The lowest BCUT2D eigenvalue weighted by atomic mass is 10.2. The summed E-state index contributed by atoms with van der Waals surface area (Å²) in [6, 6.07) is 8.26. The highest BCUT2D eigenvalue weighted by Gasteiger charge is 2.30. The Morgan fingerprint density at radius 3 is 2.26 bits per heavy atom. The van der Waals surface area contributed by atoms with Gasteiger partial charge in [0.25, 0.3) is 10.0 Å². The van der Waals surface area contributed by atoms with E-state index in [9.17, 15) is 8.42 Å². The van der Waals surface area contributed by atoms with E-state index in [1.807, 2.05) is 19.0 Å². The summed E-state index contributed by atoms with van der Waals surface area (Å²) in [6.45, 7) is 2.17. The van der Waals surface area contributed by atoms with Gasteiger partial charge in [0.1, 0.15) is 0 Å². The number of aromatic nitrogens is 3. The molecule has 1 N–H and O–H groups in total. The second-order valence-corrected chi connectivity index (χ2v) is 7.50. The van der Waals surface area contributed by atoms with Crippen molar-refractivity contribution in [1.29, 1.82) is 0 Å². The predicted molar refractivity (Wildman–Crippen MR) is 88.1 cm³/mol. The smallest absolute Gasteiger partial charge is 0.264 e. The summed E-state index contributed by atoms with van der Waals surface area (Å²) in [6.07, 6.45) is 1.24. The van der Waals surface area contributed by atoms with Gasteiger partial charge in [0.15, 0.2) is 0 Å². The first-order valence-corrected chi connectivity index (χ1v) is 8.81. The van der Waals surface area contributed by atoms with Gasteiger partial charge in [-0.25, -0.2) is 8.42 Å². The molecule has 1 aromatic heterocycles. The molecule has 0 radical (unpaired) electrons.